The fourth-order valence-electron chi connectivity index (χ4n) is 2.36. The Labute approximate surface area is 116 Å². The molecule has 1 fully saturated rings. The summed E-state index contributed by atoms with van der Waals surface area (Å²) in [6.07, 6.45) is 9.37. The molecule has 4 nitrogen and oxygen atoms in total. The smallest absolute Gasteiger partial charge is 0.139 e. The summed E-state index contributed by atoms with van der Waals surface area (Å²) < 4.78 is 5.75. The average molecular weight is 263 g/mol. The van der Waals surface area contributed by atoms with E-state index in [4.69, 9.17) is 10.5 Å². The van der Waals surface area contributed by atoms with Gasteiger partial charge in [-0.3, -0.25) is 4.98 Å². The SMILES string of the molecule is CCCCCOc1cncc(N2CCC(N)CC2)c1. The lowest BCUT2D eigenvalue weighted by atomic mass is 10.1. The molecule has 19 heavy (non-hydrogen) atoms. The van der Waals surface area contributed by atoms with E-state index in [1.165, 1.54) is 12.8 Å². The number of unbranched alkanes of at least 4 members (excludes halogenated alkanes) is 2. The first kappa shape index (κ1) is 14.1. The normalized spacial score (nSPS) is 16.6. The highest BCUT2D eigenvalue weighted by molar-refractivity contribution is 5.48. The summed E-state index contributed by atoms with van der Waals surface area (Å²) in [6.45, 7) is 5.01. The molecule has 0 spiro atoms. The van der Waals surface area contributed by atoms with Crippen molar-refractivity contribution in [2.75, 3.05) is 24.6 Å². The van der Waals surface area contributed by atoms with Gasteiger partial charge >= 0.3 is 0 Å². The second-order valence-corrected chi connectivity index (χ2v) is 5.26. The number of nitrogens with two attached hydrogens (primary N) is 1. The molecule has 2 rings (SSSR count). The van der Waals surface area contributed by atoms with Gasteiger partial charge < -0.3 is 15.4 Å². The van der Waals surface area contributed by atoms with Crippen LogP contribution in [0.1, 0.15) is 39.0 Å². The highest BCUT2D eigenvalue weighted by Crippen LogP contribution is 2.22. The highest BCUT2D eigenvalue weighted by atomic mass is 16.5. The van der Waals surface area contributed by atoms with Crippen LogP contribution < -0.4 is 15.4 Å². The second-order valence-electron chi connectivity index (χ2n) is 5.26. The maximum Gasteiger partial charge on any atom is 0.139 e. The predicted octanol–water partition coefficient (Wildman–Crippen LogP) is 2.58. The number of piperidine rings is 1. The quantitative estimate of drug-likeness (QED) is 0.801. The van der Waals surface area contributed by atoms with Crippen molar-refractivity contribution in [1.29, 1.82) is 0 Å². The molecule has 0 atom stereocenters. The van der Waals surface area contributed by atoms with Crippen LogP contribution >= 0.6 is 0 Å². The van der Waals surface area contributed by atoms with Gasteiger partial charge in [-0.25, -0.2) is 0 Å². The van der Waals surface area contributed by atoms with Crippen LogP contribution in [0, 0.1) is 0 Å². The van der Waals surface area contributed by atoms with Crippen molar-refractivity contribution in [3.63, 3.8) is 0 Å². The van der Waals surface area contributed by atoms with Crippen LogP contribution in [-0.2, 0) is 0 Å². The minimum absolute atomic E-state index is 0.359. The molecule has 0 bridgehead atoms. The minimum atomic E-state index is 0.359. The molecule has 2 N–H and O–H groups in total. The summed E-state index contributed by atoms with van der Waals surface area (Å²) >= 11 is 0. The van der Waals surface area contributed by atoms with E-state index in [0.717, 1.165) is 50.4 Å². The van der Waals surface area contributed by atoms with Crippen LogP contribution in [0.4, 0.5) is 5.69 Å². The molecule has 1 aromatic heterocycles. The third-order valence-corrected chi connectivity index (χ3v) is 3.62. The molecule has 0 amide bonds. The Kier molecular flexibility index (Phi) is 5.45. The van der Waals surface area contributed by atoms with Gasteiger partial charge in [0.25, 0.3) is 0 Å². The summed E-state index contributed by atoms with van der Waals surface area (Å²) in [7, 11) is 0. The minimum Gasteiger partial charge on any atom is -0.492 e. The van der Waals surface area contributed by atoms with Gasteiger partial charge in [-0.15, -0.1) is 0 Å². The Morgan fingerprint density at radius 3 is 2.84 bits per heavy atom. The first-order valence-corrected chi connectivity index (χ1v) is 7.38. The zero-order chi connectivity index (χ0) is 13.5. The molecule has 106 valence electrons. The fraction of sp³-hybridized carbons (Fsp3) is 0.667. The Balaban J connectivity index is 1.87. The lowest BCUT2D eigenvalue weighted by Gasteiger charge is -2.31. The zero-order valence-corrected chi connectivity index (χ0v) is 11.8. The molecular formula is C15H25N3O. The molecule has 0 aliphatic carbocycles. The van der Waals surface area contributed by atoms with E-state index in [1.807, 2.05) is 6.20 Å². The Morgan fingerprint density at radius 1 is 1.32 bits per heavy atom. The number of nitrogens with zero attached hydrogens (tertiary/aromatic N) is 2. The number of rotatable bonds is 6. The number of aromatic nitrogens is 1. The van der Waals surface area contributed by atoms with Gasteiger partial charge in [0.15, 0.2) is 0 Å². The van der Waals surface area contributed by atoms with E-state index in [1.54, 1.807) is 6.20 Å². The fourth-order valence-corrected chi connectivity index (χ4v) is 2.36. The lowest BCUT2D eigenvalue weighted by Crippen LogP contribution is -2.39. The second kappa shape index (κ2) is 7.34. The maximum absolute atomic E-state index is 5.93. The van der Waals surface area contributed by atoms with Crippen LogP contribution in [0.15, 0.2) is 18.5 Å². The number of hydrogen-bond donors (Lipinski definition) is 1. The highest BCUT2D eigenvalue weighted by Gasteiger charge is 2.16. The van der Waals surface area contributed by atoms with Crippen molar-refractivity contribution < 1.29 is 4.74 Å². The molecule has 4 heteroatoms. The van der Waals surface area contributed by atoms with Crippen molar-refractivity contribution in [2.24, 2.45) is 5.73 Å². The van der Waals surface area contributed by atoms with Gasteiger partial charge in [-0.05, 0) is 19.3 Å². The summed E-state index contributed by atoms with van der Waals surface area (Å²) in [6, 6.07) is 2.45. The third-order valence-electron chi connectivity index (χ3n) is 3.62. The standard InChI is InChI=1S/C15H25N3O/c1-2-3-4-9-19-15-10-14(11-17-12-15)18-7-5-13(16)6-8-18/h10-13H,2-9,16H2,1H3. The number of anilines is 1. The Bertz CT molecular complexity index is 375. The van der Waals surface area contributed by atoms with Gasteiger partial charge in [0.1, 0.15) is 5.75 Å². The molecule has 2 heterocycles. The monoisotopic (exact) mass is 263 g/mol. The third kappa shape index (κ3) is 4.39. The number of pyridine rings is 1. The van der Waals surface area contributed by atoms with Crippen LogP contribution in [-0.4, -0.2) is 30.7 Å². The first-order valence-electron chi connectivity index (χ1n) is 7.38. The zero-order valence-electron chi connectivity index (χ0n) is 11.8. The predicted molar refractivity (Wildman–Crippen MR) is 78.7 cm³/mol. The van der Waals surface area contributed by atoms with Crippen molar-refractivity contribution in [2.45, 2.75) is 45.1 Å². The van der Waals surface area contributed by atoms with Gasteiger partial charge in [0.05, 0.1) is 24.7 Å². The molecule has 1 saturated heterocycles. The van der Waals surface area contributed by atoms with Crippen molar-refractivity contribution in [3.8, 4) is 5.75 Å². The van der Waals surface area contributed by atoms with Gasteiger partial charge in [-0.1, -0.05) is 19.8 Å². The van der Waals surface area contributed by atoms with Gasteiger partial charge in [-0.2, -0.15) is 0 Å². The maximum atomic E-state index is 5.93. The van der Waals surface area contributed by atoms with Crippen molar-refractivity contribution in [3.05, 3.63) is 18.5 Å². The number of hydrogen-bond acceptors (Lipinski definition) is 4. The molecular weight excluding hydrogens is 238 g/mol. The average Bonchev–Trinajstić information content (AvgIpc) is 2.45. The molecule has 1 aliphatic rings. The van der Waals surface area contributed by atoms with Gasteiger partial charge in [0.2, 0.25) is 0 Å². The summed E-state index contributed by atoms with van der Waals surface area (Å²) in [5.74, 6) is 0.878. The van der Waals surface area contributed by atoms with Gasteiger partial charge in [0, 0.05) is 25.2 Å². The van der Waals surface area contributed by atoms with E-state index in [9.17, 15) is 0 Å². The molecule has 0 saturated carbocycles. The summed E-state index contributed by atoms with van der Waals surface area (Å²) in [5.41, 5.74) is 7.08. The lowest BCUT2D eigenvalue weighted by molar-refractivity contribution is 0.305. The van der Waals surface area contributed by atoms with Crippen LogP contribution in [0.2, 0.25) is 0 Å². The molecule has 0 unspecified atom stereocenters. The Hall–Kier alpha value is -1.29. The van der Waals surface area contributed by atoms with Crippen LogP contribution in [0.3, 0.4) is 0 Å². The van der Waals surface area contributed by atoms with Crippen molar-refractivity contribution in [1.82, 2.24) is 4.98 Å². The van der Waals surface area contributed by atoms with E-state index in [0.29, 0.717) is 6.04 Å². The van der Waals surface area contributed by atoms with E-state index in [-0.39, 0.29) is 0 Å². The van der Waals surface area contributed by atoms with Crippen LogP contribution in [0.5, 0.6) is 5.75 Å². The number of ether oxygens (including phenoxy) is 1. The molecule has 0 radical (unpaired) electrons. The first-order chi connectivity index (χ1) is 9.29. The Morgan fingerprint density at radius 2 is 2.11 bits per heavy atom. The largest absolute Gasteiger partial charge is 0.492 e. The van der Waals surface area contributed by atoms with E-state index < -0.39 is 0 Å². The van der Waals surface area contributed by atoms with Crippen molar-refractivity contribution >= 4 is 5.69 Å². The summed E-state index contributed by atoms with van der Waals surface area (Å²) in [4.78, 5) is 6.62. The molecule has 1 aliphatic heterocycles. The molecule has 1 aromatic rings. The summed E-state index contributed by atoms with van der Waals surface area (Å²) in [5, 5.41) is 0. The molecule has 0 aromatic carbocycles. The van der Waals surface area contributed by atoms with E-state index in [2.05, 4.69) is 22.9 Å². The topological polar surface area (TPSA) is 51.4 Å². The van der Waals surface area contributed by atoms with E-state index >= 15 is 0 Å². The van der Waals surface area contributed by atoms with Crippen LogP contribution in [0.25, 0.3) is 0 Å².